The maximum atomic E-state index is 13.8. The first-order valence-electron chi connectivity index (χ1n) is 10.7. The number of ether oxygens (including phenoxy) is 2. The quantitative estimate of drug-likeness (QED) is 0.433. The zero-order valence-electron chi connectivity index (χ0n) is 18.9. The Hall–Kier alpha value is -4.01. The van der Waals surface area contributed by atoms with Gasteiger partial charge in [0.15, 0.2) is 5.78 Å². The van der Waals surface area contributed by atoms with Crippen LogP contribution in [0.15, 0.2) is 59.8 Å². The summed E-state index contributed by atoms with van der Waals surface area (Å²) in [7, 11) is 1.26. The first-order chi connectivity index (χ1) is 15.9. The van der Waals surface area contributed by atoms with Gasteiger partial charge in [-0.25, -0.2) is 4.79 Å². The molecule has 0 saturated heterocycles. The minimum Gasteiger partial charge on any atom is -0.494 e. The molecule has 4 rings (SSSR count). The monoisotopic (exact) mass is 447 g/mol. The molecular formula is C24H25N5O4. The number of carbonyl (C=O) groups excluding carboxylic acids is 2. The van der Waals surface area contributed by atoms with E-state index in [1.54, 1.807) is 24.3 Å². The Morgan fingerprint density at radius 3 is 2.39 bits per heavy atom. The maximum absolute atomic E-state index is 13.8. The van der Waals surface area contributed by atoms with Crippen molar-refractivity contribution >= 4 is 17.7 Å². The zero-order chi connectivity index (χ0) is 23.5. The number of rotatable bonds is 7. The van der Waals surface area contributed by atoms with Crippen LogP contribution in [0.3, 0.4) is 0 Å². The number of anilines is 1. The number of hydrogen-bond donors (Lipinski definition) is 1. The molecule has 170 valence electrons. The van der Waals surface area contributed by atoms with E-state index in [1.165, 1.54) is 11.8 Å². The predicted molar refractivity (Wildman–Crippen MR) is 121 cm³/mol. The molecule has 1 aliphatic rings. The van der Waals surface area contributed by atoms with E-state index < -0.39 is 12.0 Å². The van der Waals surface area contributed by atoms with E-state index in [9.17, 15) is 9.59 Å². The van der Waals surface area contributed by atoms with Crippen LogP contribution in [-0.4, -0.2) is 45.7 Å². The highest BCUT2D eigenvalue weighted by molar-refractivity contribution is 6.15. The predicted octanol–water partition coefficient (Wildman–Crippen LogP) is 3.52. The van der Waals surface area contributed by atoms with Crippen LogP contribution in [0, 0.1) is 0 Å². The summed E-state index contributed by atoms with van der Waals surface area (Å²) in [6.07, 6.45) is 0. The van der Waals surface area contributed by atoms with Gasteiger partial charge in [0, 0.05) is 5.56 Å². The Morgan fingerprint density at radius 1 is 1.09 bits per heavy atom. The summed E-state index contributed by atoms with van der Waals surface area (Å²) in [4.78, 5) is 26.5. The highest BCUT2D eigenvalue weighted by Gasteiger charge is 2.38. The fraction of sp³-hybridized carbons (Fsp3) is 0.292. The van der Waals surface area contributed by atoms with Gasteiger partial charge in [-0.2, -0.15) is 4.68 Å². The summed E-state index contributed by atoms with van der Waals surface area (Å²) in [5, 5.41) is 14.7. The van der Waals surface area contributed by atoms with Gasteiger partial charge in [-0.1, -0.05) is 43.2 Å². The van der Waals surface area contributed by atoms with Crippen LogP contribution in [0.4, 0.5) is 5.95 Å². The lowest BCUT2D eigenvalue weighted by atomic mass is 9.88. The third-order valence-corrected chi connectivity index (χ3v) is 5.50. The van der Waals surface area contributed by atoms with Gasteiger partial charge in [-0.05, 0) is 58.7 Å². The van der Waals surface area contributed by atoms with E-state index in [0.29, 0.717) is 23.8 Å². The summed E-state index contributed by atoms with van der Waals surface area (Å²) in [6, 6.07) is 13.9. The molecular weight excluding hydrogens is 422 g/mol. The standard InChI is InChI=1S/C24H25N5O4/c1-5-33-18-12-10-17(11-13-18)22(30)19-20(23(31)32-4)25-24-26-27-28-29(24)21(19)16-8-6-15(7-9-16)14(2)3/h6-14,21H,5H2,1-4H3,(H,25,26,28)/t21-/m1/s1. The zero-order valence-corrected chi connectivity index (χ0v) is 18.9. The summed E-state index contributed by atoms with van der Waals surface area (Å²) in [5.41, 5.74) is 2.53. The van der Waals surface area contributed by atoms with Crippen molar-refractivity contribution in [1.29, 1.82) is 0 Å². The summed E-state index contributed by atoms with van der Waals surface area (Å²) in [5.74, 6) is 0.229. The Kier molecular flexibility index (Phi) is 6.21. The van der Waals surface area contributed by atoms with Crippen molar-refractivity contribution in [2.24, 2.45) is 0 Å². The van der Waals surface area contributed by atoms with E-state index >= 15 is 0 Å². The van der Waals surface area contributed by atoms with Crippen molar-refractivity contribution in [3.05, 3.63) is 76.5 Å². The van der Waals surface area contributed by atoms with Gasteiger partial charge >= 0.3 is 5.97 Å². The second kappa shape index (κ2) is 9.23. The molecule has 2 heterocycles. The summed E-state index contributed by atoms with van der Waals surface area (Å²) >= 11 is 0. The average Bonchev–Trinajstić information content (AvgIpc) is 3.31. The van der Waals surface area contributed by atoms with Crippen LogP contribution in [-0.2, 0) is 9.53 Å². The van der Waals surface area contributed by atoms with Crippen LogP contribution in [0.2, 0.25) is 0 Å². The Bertz CT molecular complexity index is 1200. The van der Waals surface area contributed by atoms with Crippen molar-refractivity contribution in [1.82, 2.24) is 20.2 Å². The van der Waals surface area contributed by atoms with Crippen LogP contribution < -0.4 is 10.1 Å². The van der Waals surface area contributed by atoms with Crippen molar-refractivity contribution in [3.63, 3.8) is 0 Å². The number of methoxy groups -OCH3 is 1. The van der Waals surface area contributed by atoms with Crippen molar-refractivity contribution < 1.29 is 19.1 Å². The Labute approximate surface area is 191 Å². The molecule has 0 radical (unpaired) electrons. The van der Waals surface area contributed by atoms with Crippen molar-refractivity contribution in [2.75, 3.05) is 19.0 Å². The second-order valence-corrected chi connectivity index (χ2v) is 7.86. The molecule has 0 spiro atoms. The fourth-order valence-electron chi connectivity index (χ4n) is 3.78. The molecule has 9 nitrogen and oxygen atoms in total. The highest BCUT2D eigenvalue weighted by atomic mass is 16.5. The minimum absolute atomic E-state index is 0.0108. The molecule has 1 N–H and O–H groups in total. The largest absolute Gasteiger partial charge is 0.494 e. The lowest BCUT2D eigenvalue weighted by Crippen LogP contribution is -2.33. The highest BCUT2D eigenvalue weighted by Crippen LogP contribution is 2.37. The minimum atomic E-state index is -0.717. The maximum Gasteiger partial charge on any atom is 0.355 e. The van der Waals surface area contributed by atoms with Crippen molar-refractivity contribution in [2.45, 2.75) is 32.7 Å². The Balaban J connectivity index is 1.86. The molecule has 0 aliphatic carbocycles. The lowest BCUT2D eigenvalue weighted by Gasteiger charge is -2.28. The summed E-state index contributed by atoms with van der Waals surface area (Å²) < 4.78 is 12.0. The van der Waals surface area contributed by atoms with E-state index in [-0.39, 0.29) is 23.0 Å². The smallest absolute Gasteiger partial charge is 0.355 e. The van der Waals surface area contributed by atoms with E-state index in [2.05, 4.69) is 34.7 Å². The molecule has 2 aromatic carbocycles. The van der Waals surface area contributed by atoms with Gasteiger partial charge in [0.25, 0.3) is 0 Å². The number of Topliss-reactive ketones (excluding diaryl/α,β-unsaturated/α-hetero) is 1. The second-order valence-electron chi connectivity index (χ2n) is 7.86. The number of nitrogens with zero attached hydrogens (tertiary/aromatic N) is 4. The summed E-state index contributed by atoms with van der Waals surface area (Å²) in [6.45, 7) is 6.62. The molecule has 0 bridgehead atoms. The average molecular weight is 447 g/mol. The Morgan fingerprint density at radius 2 is 1.79 bits per heavy atom. The topological polar surface area (TPSA) is 108 Å². The molecule has 0 fully saturated rings. The van der Waals surface area contributed by atoms with Crippen LogP contribution in [0.1, 0.15) is 54.2 Å². The molecule has 1 atom stereocenters. The number of benzene rings is 2. The third kappa shape index (κ3) is 4.21. The normalized spacial score (nSPS) is 15.1. The number of hydrogen-bond acceptors (Lipinski definition) is 8. The van der Waals surface area contributed by atoms with E-state index in [0.717, 1.165) is 11.1 Å². The van der Waals surface area contributed by atoms with Gasteiger partial charge < -0.3 is 14.8 Å². The van der Waals surface area contributed by atoms with Crippen molar-refractivity contribution in [3.8, 4) is 5.75 Å². The molecule has 9 heteroatoms. The number of ketones is 1. The first kappa shape index (κ1) is 22.2. The molecule has 0 amide bonds. The molecule has 1 aromatic heterocycles. The molecule has 3 aromatic rings. The van der Waals surface area contributed by atoms with Crippen LogP contribution >= 0.6 is 0 Å². The van der Waals surface area contributed by atoms with Gasteiger partial charge in [0.1, 0.15) is 17.5 Å². The number of esters is 1. The lowest BCUT2D eigenvalue weighted by molar-refractivity contribution is -0.136. The molecule has 1 aliphatic heterocycles. The molecule has 33 heavy (non-hydrogen) atoms. The van der Waals surface area contributed by atoms with Gasteiger partial charge in [-0.3, -0.25) is 4.79 Å². The molecule has 0 unspecified atom stereocenters. The number of tetrazole rings is 1. The number of aromatic nitrogens is 4. The third-order valence-electron chi connectivity index (χ3n) is 5.50. The van der Waals surface area contributed by atoms with Gasteiger partial charge in [0.05, 0.1) is 19.3 Å². The number of carbonyl (C=O) groups is 2. The van der Waals surface area contributed by atoms with E-state index in [1.807, 2.05) is 31.2 Å². The fourth-order valence-corrected chi connectivity index (χ4v) is 3.78. The molecule has 0 saturated carbocycles. The number of fused-ring (bicyclic) bond motifs is 1. The van der Waals surface area contributed by atoms with Crippen LogP contribution in [0.5, 0.6) is 5.75 Å². The number of allylic oxidation sites excluding steroid dienone is 1. The van der Waals surface area contributed by atoms with E-state index in [4.69, 9.17) is 9.47 Å². The SMILES string of the molecule is CCOc1ccc(C(=O)C2=C(C(=O)OC)Nc3nnnn3[C@@H]2c2ccc(C(C)C)cc2)cc1. The first-order valence-corrected chi connectivity index (χ1v) is 10.7. The van der Waals surface area contributed by atoms with Crippen LogP contribution in [0.25, 0.3) is 0 Å². The number of nitrogens with one attached hydrogen (secondary N) is 1. The van der Waals surface area contributed by atoms with Gasteiger partial charge in [-0.15, -0.1) is 0 Å². The van der Waals surface area contributed by atoms with Gasteiger partial charge in [0.2, 0.25) is 5.95 Å².